The molecule has 0 heterocycles. The van der Waals surface area contributed by atoms with Gasteiger partial charge in [-0.25, -0.2) is 0 Å². The molecule has 0 aromatic heterocycles. The van der Waals surface area contributed by atoms with Crippen molar-refractivity contribution in [3.05, 3.63) is 0 Å². The summed E-state index contributed by atoms with van der Waals surface area (Å²) in [5, 5.41) is 10.6. The highest BCUT2D eigenvalue weighted by Gasteiger charge is 2.62. The summed E-state index contributed by atoms with van der Waals surface area (Å²) in [6, 6.07) is 0. The fourth-order valence-corrected chi connectivity index (χ4v) is 1.74. The normalized spacial score (nSPS) is 19.6. The van der Waals surface area contributed by atoms with E-state index in [-0.39, 0.29) is 12.8 Å². The van der Waals surface area contributed by atoms with Crippen LogP contribution in [0.5, 0.6) is 0 Å². The van der Waals surface area contributed by atoms with Gasteiger partial charge in [0.25, 0.3) is 0 Å². The fourth-order valence-electron chi connectivity index (χ4n) is 1.74. The zero-order valence-electron chi connectivity index (χ0n) is 9.03. The van der Waals surface area contributed by atoms with Crippen LogP contribution in [0.25, 0.3) is 0 Å². The van der Waals surface area contributed by atoms with Crippen molar-refractivity contribution < 1.29 is 36.2 Å². The van der Waals surface area contributed by atoms with Crippen LogP contribution in [0, 0.1) is 5.92 Å². The maximum atomic E-state index is 12.2. The molecule has 1 aliphatic carbocycles. The largest absolute Gasteiger partial charge is 0.409 e. The van der Waals surface area contributed by atoms with Gasteiger partial charge in [-0.1, -0.05) is 0 Å². The van der Waals surface area contributed by atoms with Gasteiger partial charge in [-0.15, -0.1) is 0 Å². The Kier molecular flexibility index (Phi) is 3.85. The molecule has 0 atom stereocenters. The van der Waals surface area contributed by atoms with Crippen molar-refractivity contribution in [2.75, 3.05) is 6.61 Å². The standard InChI is InChI=1S/C9H11F6NO2/c10-8(11,12)5(9(13,14)15)6(18)16-7(4-17)2-1-3-7/h5,17H,1-4H2,(H,16,18). The van der Waals surface area contributed by atoms with E-state index in [0.717, 1.165) is 0 Å². The number of hydrogen-bond donors (Lipinski definition) is 2. The molecule has 1 saturated carbocycles. The lowest BCUT2D eigenvalue weighted by Gasteiger charge is -2.42. The zero-order valence-corrected chi connectivity index (χ0v) is 9.03. The summed E-state index contributed by atoms with van der Waals surface area (Å²) >= 11 is 0. The predicted octanol–water partition coefficient (Wildman–Crippen LogP) is 1.76. The quantitative estimate of drug-likeness (QED) is 0.773. The highest BCUT2D eigenvalue weighted by atomic mass is 19.4. The number of carbonyl (C=O) groups excluding carboxylic acids is 1. The molecule has 1 rings (SSSR count). The Morgan fingerprint density at radius 2 is 1.61 bits per heavy atom. The smallest absolute Gasteiger partial charge is 0.394 e. The van der Waals surface area contributed by atoms with E-state index in [4.69, 9.17) is 5.11 Å². The van der Waals surface area contributed by atoms with Crippen LogP contribution in [0.2, 0.25) is 0 Å². The van der Waals surface area contributed by atoms with E-state index in [1.165, 1.54) is 0 Å². The second-order valence-electron chi connectivity index (χ2n) is 4.30. The Morgan fingerprint density at radius 1 is 1.17 bits per heavy atom. The van der Waals surface area contributed by atoms with E-state index in [9.17, 15) is 31.1 Å². The first-order valence-electron chi connectivity index (χ1n) is 5.08. The molecule has 0 aliphatic heterocycles. The third kappa shape index (κ3) is 3.06. The average molecular weight is 279 g/mol. The number of carbonyl (C=O) groups is 1. The van der Waals surface area contributed by atoms with Crippen molar-refractivity contribution in [1.29, 1.82) is 0 Å². The summed E-state index contributed by atoms with van der Waals surface area (Å²) in [4.78, 5) is 11.1. The minimum Gasteiger partial charge on any atom is -0.394 e. The Morgan fingerprint density at radius 3 is 1.83 bits per heavy atom. The fraction of sp³-hybridized carbons (Fsp3) is 0.889. The van der Waals surface area contributed by atoms with Crippen LogP contribution in [0.3, 0.4) is 0 Å². The predicted molar refractivity (Wildman–Crippen MR) is 47.4 cm³/mol. The van der Waals surface area contributed by atoms with Crippen molar-refractivity contribution in [3.8, 4) is 0 Å². The molecule has 9 heteroatoms. The van der Waals surface area contributed by atoms with Gasteiger partial charge in [-0.3, -0.25) is 4.79 Å². The van der Waals surface area contributed by atoms with Crippen molar-refractivity contribution >= 4 is 5.91 Å². The molecule has 0 spiro atoms. The first-order valence-corrected chi connectivity index (χ1v) is 5.08. The Balaban J connectivity index is 2.84. The Labute approximate surface area is 98.2 Å². The van der Waals surface area contributed by atoms with Crippen LogP contribution >= 0.6 is 0 Å². The summed E-state index contributed by atoms with van der Waals surface area (Å²) < 4.78 is 73.3. The number of halogens is 6. The molecule has 0 radical (unpaired) electrons. The molecule has 1 amide bonds. The molecule has 0 unspecified atom stereocenters. The second kappa shape index (κ2) is 4.60. The number of alkyl halides is 6. The Hall–Kier alpha value is -0.990. The van der Waals surface area contributed by atoms with E-state index >= 15 is 0 Å². The minimum absolute atomic E-state index is 0.164. The van der Waals surface area contributed by atoms with Gasteiger partial charge >= 0.3 is 12.4 Å². The van der Waals surface area contributed by atoms with Crippen LogP contribution < -0.4 is 5.32 Å². The lowest BCUT2D eigenvalue weighted by molar-refractivity contribution is -0.275. The molecular formula is C9H11F6NO2. The van der Waals surface area contributed by atoms with Gasteiger partial charge in [-0.2, -0.15) is 26.3 Å². The summed E-state index contributed by atoms with van der Waals surface area (Å²) in [5.41, 5.74) is -1.34. The molecule has 1 fully saturated rings. The maximum absolute atomic E-state index is 12.2. The molecule has 106 valence electrons. The van der Waals surface area contributed by atoms with Gasteiger partial charge in [0.2, 0.25) is 11.8 Å². The number of aliphatic hydroxyl groups is 1. The molecular weight excluding hydrogens is 268 g/mol. The summed E-state index contributed by atoms with van der Waals surface area (Å²) in [5.74, 6) is -6.22. The van der Waals surface area contributed by atoms with Gasteiger partial charge in [0.05, 0.1) is 12.1 Å². The minimum atomic E-state index is -5.71. The number of rotatable bonds is 3. The van der Waals surface area contributed by atoms with Crippen LogP contribution in [-0.2, 0) is 4.79 Å². The van der Waals surface area contributed by atoms with Crippen LogP contribution in [0.1, 0.15) is 19.3 Å². The van der Waals surface area contributed by atoms with Crippen molar-refractivity contribution in [1.82, 2.24) is 5.32 Å². The first kappa shape index (κ1) is 15.1. The van der Waals surface area contributed by atoms with E-state index in [0.29, 0.717) is 6.42 Å². The van der Waals surface area contributed by atoms with Crippen LogP contribution in [0.4, 0.5) is 26.3 Å². The van der Waals surface area contributed by atoms with Crippen LogP contribution in [-0.4, -0.2) is 35.5 Å². The molecule has 0 saturated heterocycles. The van der Waals surface area contributed by atoms with E-state index in [1.807, 2.05) is 0 Å². The average Bonchev–Trinajstić information content (AvgIpc) is 2.06. The number of aliphatic hydroxyl groups excluding tert-OH is 1. The molecule has 0 bridgehead atoms. The number of hydrogen-bond acceptors (Lipinski definition) is 2. The zero-order chi connectivity index (χ0) is 14.2. The second-order valence-corrected chi connectivity index (χ2v) is 4.30. The van der Waals surface area contributed by atoms with Crippen molar-refractivity contribution in [3.63, 3.8) is 0 Å². The van der Waals surface area contributed by atoms with Gasteiger partial charge in [0, 0.05) is 0 Å². The molecule has 2 N–H and O–H groups in total. The lowest BCUT2D eigenvalue weighted by Crippen LogP contribution is -2.60. The van der Waals surface area contributed by atoms with Crippen molar-refractivity contribution in [2.45, 2.75) is 37.2 Å². The molecule has 0 aromatic rings. The van der Waals surface area contributed by atoms with Gasteiger partial charge < -0.3 is 10.4 Å². The third-order valence-electron chi connectivity index (χ3n) is 2.92. The highest BCUT2D eigenvalue weighted by Crippen LogP contribution is 2.40. The molecule has 1 aliphatic rings. The van der Waals surface area contributed by atoms with Crippen LogP contribution in [0.15, 0.2) is 0 Å². The molecule has 3 nitrogen and oxygen atoms in total. The summed E-state index contributed by atoms with van der Waals surface area (Å²) in [6.45, 7) is -0.679. The molecule has 0 aromatic carbocycles. The van der Waals surface area contributed by atoms with Gasteiger partial charge in [-0.05, 0) is 19.3 Å². The topological polar surface area (TPSA) is 49.3 Å². The Bertz CT molecular complexity index is 300. The monoisotopic (exact) mass is 279 g/mol. The van der Waals surface area contributed by atoms with Gasteiger partial charge in [0.15, 0.2) is 0 Å². The van der Waals surface area contributed by atoms with Gasteiger partial charge in [0.1, 0.15) is 0 Å². The summed E-state index contributed by atoms with van der Waals surface area (Å²) in [6.07, 6.45) is -10.6. The maximum Gasteiger partial charge on any atom is 0.409 e. The SMILES string of the molecule is O=C(NC1(CO)CCC1)C(C(F)(F)F)C(F)(F)F. The van der Waals surface area contributed by atoms with E-state index < -0.39 is 36.3 Å². The van der Waals surface area contributed by atoms with E-state index in [2.05, 4.69) is 0 Å². The van der Waals surface area contributed by atoms with E-state index in [1.54, 1.807) is 5.32 Å². The highest BCUT2D eigenvalue weighted by molar-refractivity contribution is 5.81. The number of amides is 1. The summed E-state index contributed by atoms with van der Waals surface area (Å²) in [7, 11) is 0. The lowest BCUT2D eigenvalue weighted by atomic mass is 9.77. The third-order valence-corrected chi connectivity index (χ3v) is 2.92. The first-order chi connectivity index (χ1) is 8.02. The molecule has 18 heavy (non-hydrogen) atoms. The number of nitrogens with one attached hydrogen (secondary N) is 1. The van der Waals surface area contributed by atoms with Crippen molar-refractivity contribution in [2.24, 2.45) is 5.92 Å².